The van der Waals surface area contributed by atoms with Gasteiger partial charge in [0.25, 0.3) is 0 Å². The summed E-state index contributed by atoms with van der Waals surface area (Å²) in [6.45, 7) is 6.00. The molecule has 1 rings (SSSR count). The second kappa shape index (κ2) is 6.28. The van der Waals surface area contributed by atoms with E-state index in [-0.39, 0.29) is 0 Å². The van der Waals surface area contributed by atoms with Crippen molar-refractivity contribution in [1.82, 2.24) is 9.97 Å². The maximum atomic E-state index is 4.10. The molecule has 0 aliphatic rings. The van der Waals surface area contributed by atoms with E-state index in [2.05, 4.69) is 22.6 Å². The van der Waals surface area contributed by atoms with Crippen LogP contribution in [0.2, 0.25) is 0 Å². The molecule has 0 atom stereocenters. The highest BCUT2D eigenvalue weighted by molar-refractivity contribution is 7.80. The van der Waals surface area contributed by atoms with Crippen molar-refractivity contribution < 1.29 is 0 Å². The predicted octanol–water partition coefficient (Wildman–Crippen LogP) is 2.22. The lowest BCUT2D eigenvalue weighted by Gasteiger charge is -1.87. The summed E-state index contributed by atoms with van der Waals surface area (Å²) in [4.78, 5) is 7.22. The third kappa shape index (κ3) is 4.09. The van der Waals surface area contributed by atoms with Gasteiger partial charge in [-0.1, -0.05) is 13.8 Å². The normalized spacial score (nSPS) is 8.73. The molecule has 0 saturated heterocycles. The molecule has 0 unspecified atom stereocenters. The lowest BCUT2D eigenvalue weighted by atomic mass is 10.5. The zero-order valence-corrected chi connectivity index (χ0v) is 8.28. The maximum absolute atomic E-state index is 4.10. The molecular formula is C8H16N2S. The van der Waals surface area contributed by atoms with Crippen LogP contribution in [0.15, 0.2) is 6.20 Å². The van der Waals surface area contributed by atoms with E-state index in [1.165, 1.54) is 0 Å². The Morgan fingerprint density at radius 1 is 1.55 bits per heavy atom. The number of aryl methyl sites for hydroxylation is 2. The maximum Gasteiger partial charge on any atom is 0.107 e. The zero-order valence-electron chi connectivity index (χ0n) is 7.39. The van der Waals surface area contributed by atoms with E-state index in [0.717, 1.165) is 23.7 Å². The van der Waals surface area contributed by atoms with E-state index in [9.17, 15) is 0 Å². The van der Waals surface area contributed by atoms with Gasteiger partial charge in [-0.2, -0.15) is 12.6 Å². The second-order valence-corrected chi connectivity index (χ2v) is 2.43. The summed E-state index contributed by atoms with van der Waals surface area (Å²) in [5, 5.41) is 0. The number of thiol groups is 1. The van der Waals surface area contributed by atoms with Crippen LogP contribution in [0.1, 0.15) is 25.4 Å². The summed E-state index contributed by atoms with van der Waals surface area (Å²) < 4.78 is 0. The number of nitrogens with one attached hydrogen (secondary N) is 1. The molecule has 0 aromatic carbocycles. The molecule has 0 bridgehead atoms. The minimum atomic E-state index is 0.854. The zero-order chi connectivity index (χ0) is 8.69. The molecule has 11 heavy (non-hydrogen) atoms. The number of aromatic amines is 1. The van der Waals surface area contributed by atoms with E-state index in [1.54, 1.807) is 0 Å². The molecule has 1 aromatic heterocycles. The van der Waals surface area contributed by atoms with Gasteiger partial charge in [0, 0.05) is 18.3 Å². The molecule has 64 valence electrons. The molecule has 1 aromatic rings. The molecule has 0 amide bonds. The Morgan fingerprint density at radius 2 is 2.18 bits per heavy atom. The Morgan fingerprint density at radius 3 is 2.55 bits per heavy atom. The molecule has 0 aliphatic heterocycles. The number of H-pyrrole nitrogens is 1. The first kappa shape index (κ1) is 10.6. The molecule has 1 heterocycles. The van der Waals surface area contributed by atoms with Crippen LogP contribution < -0.4 is 0 Å². The van der Waals surface area contributed by atoms with Crippen LogP contribution in [0.3, 0.4) is 0 Å². The number of aromatic nitrogens is 2. The van der Waals surface area contributed by atoms with Crippen molar-refractivity contribution in [2.24, 2.45) is 0 Å². The summed E-state index contributed by atoms with van der Waals surface area (Å²) in [5.41, 5.74) is 1.12. The van der Waals surface area contributed by atoms with Gasteiger partial charge in [-0.15, -0.1) is 0 Å². The summed E-state index contributed by atoms with van der Waals surface area (Å²) in [6.07, 6.45) is 2.76. The first-order valence-corrected chi connectivity index (χ1v) is 4.57. The van der Waals surface area contributed by atoms with E-state index >= 15 is 0 Å². The monoisotopic (exact) mass is 172 g/mol. The molecule has 2 nitrogen and oxygen atoms in total. The minimum Gasteiger partial charge on any atom is -0.346 e. The highest BCUT2D eigenvalue weighted by Gasteiger charge is 1.92. The van der Waals surface area contributed by atoms with Crippen molar-refractivity contribution in [2.45, 2.75) is 27.2 Å². The molecule has 0 fully saturated rings. The summed E-state index contributed by atoms with van der Waals surface area (Å²) in [5.74, 6) is 1.88. The van der Waals surface area contributed by atoms with E-state index < -0.39 is 0 Å². The van der Waals surface area contributed by atoms with Gasteiger partial charge in [0.1, 0.15) is 5.82 Å². The standard InChI is InChI=1S/C6H10N2S.C2H6/c1-5-4-7-6(8-5)2-3-9;1-2/h4,9H,2-3H2,1H3,(H,7,8);1-2H3. The topological polar surface area (TPSA) is 28.7 Å². The fourth-order valence-electron chi connectivity index (χ4n) is 0.700. The predicted molar refractivity (Wildman–Crippen MR) is 52.2 cm³/mol. The largest absolute Gasteiger partial charge is 0.346 e. The molecule has 0 spiro atoms. The van der Waals surface area contributed by atoms with Crippen molar-refractivity contribution >= 4 is 12.6 Å². The van der Waals surface area contributed by atoms with E-state index in [1.807, 2.05) is 27.0 Å². The van der Waals surface area contributed by atoms with Gasteiger partial charge < -0.3 is 4.98 Å². The molecule has 0 aliphatic carbocycles. The molecule has 0 saturated carbocycles. The Labute approximate surface area is 73.8 Å². The average Bonchev–Trinajstić information content (AvgIpc) is 2.41. The Bertz CT molecular complexity index is 184. The fourth-order valence-corrected chi connectivity index (χ4v) is 0.912. The first-order valence-electron chi connectivity index (χ1n) is 3.94. The van der Waals surface area contributed by atoms with Gasteiger partial charge in [0.05, 0.1) is 0 Å². The van der Waals surface area contributed by atoms with Gasteiger partial charge >= 0.3 is 0 Å². The van der Waals surface area contributed by atoms with Gasteiger partial charge in [0.15, 0.2) is 0 Å². The lowest BCUT2D eigenvalue weighted by Crippen LogP contribution is -1.87. The van der Waals surface area contributed by atoms with Crippen LogP contribution in [0.4, 0.5) is 0 Å². The van der Waals surface area contributed by atoms with Crippen molar-refractivity contribution in [3.05, 3.63) is 17.7 Å². The summed E-state index contributed by atoms with van der Waals surface area (Å²) >= 11 is 4.08. The van der Waals surface area contributed by atoms with Crippen molar-refractivity contribution in [2.75, 3.05) is 5.75 Å². The van der Waals surface area contributed by atoms with Crippen LogP contribution >= 0.6 is 12.6 Å². The van der Waals surface area contributed by atoms with E-state index in [4.69, 9.17) is 0 Å². The third-order valence-electron chi connectivity index (χ3n) is 1.10. The highest BCUT2D eigenvalue weighted by Crippen LogP contribution is 1.95. The number of imidazole rings is 1. The number of rotatable bonds is 2. The number of nitrogens with zero attached hydrogens (tertiary/aromatic N) is 1. The van der Waals surface area contributed by atoms with E-state index in [0.29, 0.717) is 0 Å². The molecule has 0 radical (unpaired) electrons. The third-order valence-corrected chi connectivity index (χ3v) is 1.33. The SMILES string of the molecule is CC.Cc1cnc(CCS)[nH]1. The Kier molecular flexibility index (Phi) is 6.03. The lowest BCUT2D eigenvalue weighted by molar-refractivity contribution is 0.994. The van der Waals surface area contributed by atoms with Crippen LogP contribution in [-0.2, 0) is 6.42 Å². The van der Waals surface area contributed by atoms with Crippen molar-refractivity contribution in [3.8, 4) is 0 Å². The van der Waals surface area contributed by atoms with Crippen molar-refractivity contribution in [3.63, 3.8) is 0 Å². The Hall–Kier alpha value is -0.440. The van der Waals surface area contributed by atoms with Crippen molar-refractivity contribution in [1.29, 1.82) is 0 Å². The highest BCUT2D eigenvalue weighted by atomic mass is 32.1. The average molecular weight is 172 g/mol. The number of hydrogen-bond acceptors (Lipinski definition) is 2. The first-order chi connectivity index (χ1) is 5.33. The molecular weight excluding hydrogens is 156 g/mol. The van der Waals surface area contributed by atoms with Gasteiger partial charge in [-0.25, -0.2) is 4.98 Å². The van der Waals surface area contributed by atoms with Crippen LogP contribution in [-0.4, -0.2) is 15.7 Å². The van der Waals surface area contributed by atoms with Gasteiger partial charge in [-0.05, 0) is 12.7 Å². The summed E-state index contributed by atoms with van der Waals surface area (Å²) in [6, 6.07) is 0. The van der Waals surface area contributed by atoms with Gasteiger partial charge in [0.2, 0.25) is 0 Å². The summed E-state index contributed by atoms with van der Waals surface area (Å²) in [7, 11) is 0. The van der Waals surface area contributed by atoms with Crippen LogP contribution in [0, 0.1) is 6.92 Å². The fraction of sp³-hybridized carbons (Fsp3) is 0.625. The van der Waals surface area contributed by atoms with Crippen LogP contribution in [0.25, 0.3) is 0 Å². The molecule has 1 N–H and O–H groups in total. The van der Waals surface area contributed by atoms with Gasteiger partial charge in [-0.3, -0.25) is 0 Å². The molecule has 3 heteroatoms. The second-order valence-electron chi connectivity index (χ2n) is 1.99. The Balaban J connectivity index is 0.000000461. The quantitative estimate of drug-likeness (QED) is 0.658. The number of hydrogen-bond donors (Lipinski definition) is 2. The van der Waals surface area contributed by atoms with Crippen LogP contribution in [0.5, 0.6) is 0 Å². The minimum absolute atomic E-state index is 0.854. The smallest absolute Gasteiger partial charge is 0.107 e.